The maximum atomic E-state index is 12.6. The van der Waals surface area contributed by atoms with E-state index in [0.29, 0.717) is 10.6 Å². The molecule has 0 spiro atoms. The fourth-order valence-corrected chi connectivity index (χ4v) is 5.76. The van der Waals surface area contributed by atoms with Gasteiger partial charge in [-0.2, -0.15) is 0 Å². The van der Waals surface area contributed by atoms with Gasteiger partial charge in [-0.1, -0.05) is 29.8 Å². The van der Waals surface area contributed by atoms with Crippen LogP contribution in [0, 0.1) is 6.92 Å². The zero-order chi connectivity index (χ0) is 25.0. The summed E-state index contributed by atoms with van der Waals surface area (Å²) >= 11 is 2.00. The predicted molar refractivity (Wildman–Crippen MR) is 136 cm³/mol. The third kappa shape index (κ3) is 6.15. The van der Waals surface area contributed by atoms with E-state index >= 15 is 0 Å². The van der Waals surface area contributed by atoms with Gasteiger partial charge in [0.1, 0.15) is 0 Å². The van der Waals surface area contributed by atoms with Crippen molar-refractivity contribution in [2.45, 2.75) is 18.2 Å². The van der Waals surface area contributed by atoms with E-state index in [-0.39, 0.29) is 23.0 Å². The SMILES string of the molecule is Cc1ccc(C=C2SC(=O)N(CCC(=O)Nc3ccc(S(=O)(=O)Nc4nccs4)cc3)C2=O)cc1. The second kappa shape index (κ2) is 10.4. The summed E-state index contributed by atoms with van der Waals surface area (Å²) in [5.41, 5.74) is 2.28. The van der Waals surface area contributed by atoms with Gasteiger partial charge in [0.25, 0.3) is 21.2 Å². The molecule has 3 amide bonds. The molecule has 3 aromatic rings. The number of amides is 3. The van der Waals surface area contributed by atoms with Crippen molar-refractivity contribution in [2.24, 2.45) is 0 Å². The van der Waals surface area contributed by atoms with Crippen molar-refractivity contribution in [3.63, 3.8) is 0 Å². The molecule has 35 heavy (non-hydrogen) atoms. The van der Waals surface area contributed by atoms with E-state index < -0.39 is 27.1 Å². The number of imide groups is 1. The van der Waals surface area contributed by atoms with E-state index in [0.717, 1.165) is 39.1 Å². The predicted octanol–water partition coefficient (Wildman–Crippen LogP) is 4.32. The molecule has 1 aliphatic heterocycles. The Hall–Kier alpha value is -3.48. The Labute approximate surface area is 210 Å². The van der Waals surface area contributed by atoms with Crippen LogP contribution in [0.15, 0.2) is 69.9 Å². The summed E-state index contributed by atoms with van der Waals surface area (Å²) in [5.74, 6) is -0.848. The normalized spacial score (nSPS) is 15.0. The van der Waals surface area contributed by atoms with E-state index in [9.17, 15) is 22.8 Å². The standard InChI is InChI=1S/C23H20N4O5S3/c1-15-2-4-16(5-3-15)14-19-21(29)27(23(30)34-19)12-10-20(28)25-17-6-8-18(9-7-17)35(31,32)26-22-24-11-13-33-22/h2-9,11,13-14H,10,12H2,1H3,(H,24,26)(H,25,28). The van der Waals surface area contributed by atoms with Gasteiger partial charge >= 0.3 is 0 Å². The van der Waals surface area contributed by atoms with Crippen LogP contribution in [0.4, 0.5) is 15.6 Å². The van der Waals surface area contributed by atoms with Crippen LogP contribution in [-0.2, 0) is 19.6 Å². The number of aromatic nitrogens is 1. The average Bonchev–Trinajstić information content (AvgIpc) is 3.41. The van der Waals surface area contributed by atoms with Crippen molar-refractivity contribution >= 4 is 67.1 Å². The fraction of sp³-hybridized carbons (Fsp3) is 0.130. The van der Waals surface area contributed by atoms with Crippen LogP contribution in [0.2, 0.25) is 0 Å². The van der Waals surface area contributed by atoms with Crippen LogP contribution < -0.4 is 10.0 Å². The molecule has 2 aromatic carbocycles. The molecule has 0 unspecified atom stereocenters. The van der Waals surface area contributed by atoms with Crippen LogP contribution in [0.3, 0.4) is 0 Å². The molecule has 180 valence electrons. The lowest BCUT2D eigenvalue weighted by molar-refractivity contribution is -0.123. The Morgan fingerprint density at radius 1 is 1.09 bits per heavy atom. The maximum absolute atomic E-state index is 12.6. The quantitative estimate of drug-likeness (QED) is 0.417. The lowest BCUT2D eigenvalue weighted by atomic mass is 10.1. The highest BCUT2D eigenvalue weighted by atomic mass is 32.2. The molecule has 4 rings (SSSR count). The molecule has 2 heterocycles. The van der Waals surface area contributed by atoms with Gasteiger partial charge in [0.15, 0.2) is 5.13 Å². The number of nitrogens with one attached hydrogen (secondary N) is 2. The maximum Gasteiger partial charge on any atom is 0.293 e. The highest BCUT2D eigenvalue weighted by Gasteiger charge is 2.35. The van der Waals surface area contributed by atoms with Crippen molar-refractivity contribution in [3.8, 4) is 0 Å². The minimum atomic E-state index is -3.80. The second-order valence-corrected chi connectivity index (χ2v) is 11.1. The molecule has 0 radical (unpaired) electrons. The van der Waals surface area contributed by atoms with Crippen molar-refractivity contribution in [2.75, 3.05) is 16.6 Å². The van der Waals surface area contributed by atoms with Crippen LogP contribution in [0.1, 0.15) is 17.5 Å². The Kier molecular flexibility index (Phi) is 7.34. The zero-order valence-electron chi connectivity index (χ0n) is 18.4. The van der Waals surface area contributed by atoms with E-state index in [1.54, 1.807) is 11.5 Å². The molecule has 1 aliphatic rings. The van der Waals surface area contributed by atoms with Crippen molar-refractivity contribution in [3.05, 3.63) is 76.1 Å². The van der Waals surface area contributed by atoms with Gasteiger partial charge in [-0.25, -0.2) is 13.4 Å². The number of thioether (sulfide) groups is 1. The number of carbonyl (C=O) groups is 3. The van der Waals surface area contributed by atoms with E-state index in [1.807, 2.05) is 31.2 Å². The molecule has 2 N–H and O–H groups in total. The zero-order valence-corrected chi connectivity index (χ0v) is 20.9. The Morgan fingerprint density at radius 3 is 2.46 bits per heavy atom. The Bertz CT molecular complexity index is 1380. The monoisotopic (exact) mass is 528 g/mol. The summed E-state index contributed by atoms with van der Waals surface area (Å²) in [4.78, 5) is 42.5. The van der Waals surface area contributed by atoms with Gasteiger partial charge in [-0.15, -0.1) is 11.3 Å². The summed E-state index contributed by atoms with van der Waals surface area (Å²) in [6, 6.07) is 13.2. The van der Waals surface area contributed by atoms with Crippen LogP contribution in [-0.4, -0.2) is 41.9 Å². The number of aryl methyl sites for hydroxylation is 1. The van der Waals surface area contributed by atoms with E-state index in [1.165, 1.54) is 30.5 Å². The van der Waals surface area contributed by atoms with Crippen LogP contribution >= 0.6 is 23.1 Å². The summed E-state index contributed by atoms with van der Waals surface area (Å²) in [6.45, 7) is 1.90. The Balaban J connectivity index is 1.32. The van der Waals surface area contributed by atoms with Crippen molar-refractivity contribution in [1.29, 1.82) is 0 Å². The number of benzene rings is 2. The molecule has 0 bridgehead atoms. The summed E-state index contributed by atoms with van der Waals surface area (Å²) in [7, 11) is -3.80. The number of rotatable bonds is 8. The first-order valence-electron chi connectivity index (χ1n) is 10.4. The molecule has 0 saturated carbocycles. The van der Waals surface area contributed by atoms with Gasteiger partial charge in [-0.3, -0.25) is 24.0 Å². The molecule has 12 heteroatoms. The second-order valence-electron chi connectivity index (χ2n) is 7.51. The third-order valence-corrected chi connectivity index (χ3v) is 7.99. The minimum absolute atomic E-state index is 0.0175. The number of sulfonamides is 1. The Morgan fingerprint density at radius 2 is 1.80 bits per heavy atom. The van der Waals surface area contributed by atoms with E-state index in [2.05, 4.69) is 15.0 Å². The first-order chi connectivity index (χ1) is 16.7. The minimum Gasteiger partial charge on any atom is -0.326 e. The number of anilines is 2. The highest BCUT2D eigenvalue weighted by molar-refractivity contribution is 8.18. The fourth-order valence-electron chi connectivity index (χ4n) is 3.11. The molecular formula is C23H20N4O5S3. The van der Waals surface area contributed by atoms with Gasteiger partial charge in [0.05, 0.1) is 9.80 Å². The summed E-state index contributed by atoms with van der Waals surface area (Å²) in [6.07, 6.45) is 3.05. The molecule has 0 atom stereocenters. The smallest absolute Gasteiger partial charge is 0.293 e. The lowest BCUT2D eigenvalue weighted by Gasteiger charge is -2.12. The highest BCUT2D eigenvalue weighted by Crippen LogP contribution is 2.32. The molecule has 1 aromatic heterocycles. The number of carbonyl (C=O) groups excluding carboxylic acids is 3. The molecule has 0 aliphatic carbocycles. The molecular weight excluding hydrogens is 508 g/mol. The van der Waals surface area contributed by atoms with Crippen molar-refractivity contribution < 1.29 is 22.8 Å². The first-order valence-corrected chi connectivity index (χ1v) is 13.5. The molecule has 1 fully saturated rings. The van der Waals surface area contributed by atoms with Gasteiger partial charge in [0.2, 0.25) is 5.91 Å². The molecule has 9 nitrogen and oxygen atoms in total. The van der Waals surface area contributed by atoms with Gasteiger partial charge in [0, 0.05) is 30.2 Å². The number of nitrogens with zero attached hydrogens (tertiary/aromatic N) is 2. The first kappa shape index (κ1) is 24.6. The van der Waals surface area contributed by atoms with Gasteiger partial charge < -0.3 is 5.32 Å². The van der Waals surface area contributed by atoms with Gasteiger partial charge in [-0.05, 0) is 54.6 Å². The van der Waals surface area contributed by atoms with Crippen LogP contribution in [0.5, 0.6) is 0 Å². The summed E-state index contributed by atoms with van der Waals surface area (Å²) < 4.78 is 27.2. The lowest BCUT2D eigenvalue weighted by Crippen LogP contribution is -2.31. The number of hydrogen-bond acceptors (Lipinski definition) is 8. The molecule has 1 saturated heterocycles. The number of hydrogen-bond donors (Lipinski definition) is 2. The largest absolute Gasteiger partial charge is 0.326 e. The topological polar surface area (TPSA) is 126 Å². The van der Waals surface area contributed by atoms with Crippen LogP contribution in [0.25, 0.3) is 6.08 Å². The third-order valence-electron chi connectivity index (χ3n) is 4.91. The average molecular weight is 529 g/mol. The summed E-state index contributed by atoms with van der Waals surface area (Å²) in [5, 5.41) is 4.12. The van der Waals surface area contributed by atoms with Crippen molar-refractivity contribution in [1.82, 2.24) is 9.88 Å². The van der Waals surface area contributed by atoms with E-state index in [4.69, 9.17) is 0 Å². The number of thiazole rings is 1.